The molecule has 12 heavy (non-hydrogen) atoms. The molecule has 0 bridgehead atoms. The van der Waals surface area contributed by atoms with Crippen LogP contribution in [0.1, 0.15) is 11.8 Å². The molecular weight excluding hydrogens is 234 g/mol. The Labute approximate surface area is 83.6 Å². The molecule has 0 N–H and O–H groups in total. The number of halogens is 1. The van der Waals surface area contributed by atoms with Gasteiger partial charge in [0.1, 0.15) is 4.83 Å². The first-order valence-corrected chi connectivity index (χ1v) is 5.44. The first-order chi connectivity index (χ1) is 5.79. The Kier molecular flexibility index (Phi) is 2.15. The van der Waals surface area contributed by atoms with E-state index in [0.717, 1.165) is 15.7 Å². The molecule has 0 atom stereocenters. The fourth-order valence-corrected chi connectivity index (χ4v) is 2.40. The maximum absolute atomic E-state index is 4.32. The Bertz CT molecular complexity index is 408. The third-order valence-electron chi connectivity index (χ3n) is 1.74. The molecule has 2 aromatic rings. The lowest BCUT2D eigenvalue weighted by Gasteiger charge is -1.87. The van der Waals surface area contributed by atoms with E-state index >= 15 is 0 Å². The van der Waals surface area contributed by atoms with Gasteiger partial charge in [0, 0.05) is 20.9 Å². The largest absolute Gasteiger partial charge is 0.244 e. The molecule has 0 aliphatic heterocycles. The lowest BCUT2D eigenvalue weighted by molar-refractivity contribution is 1.19. The van der Waals surface area contributed by atoms with Gasteiger partial charge in [0.25, 0.3) is 0 Å². The molecule has 0 unspecified atom stereocenters. The Morgan fingerprint density at radius 3 is 3.08 bits per heavy atom. The summed E-state index contributed by atoms with van der Waals surface area (Å²) in [5.74, 6) is 0. The zero-order valence-corrected chi connectivity index (χ0v) is 9.08. The van der Waals surface area contributed by atoms with Crippen LogP contribution in [0, 0.1) is 0 Å². The minimum atomic E-state index is 1.05. The van der Waals surface area contributed by atoms with Gasteiger partial charge in [-0.2, -0.15) is 0 Å². The number of nitrogens with zero attached hydrogens (tertiary/aromatic N) is 1. The van der Waals surface area contributed by atoms with Crippen molar-refractivity contribution in [3.63, 3.8) is 0 Å². The van der Waals surface area contributed by atoms with Crippen molar-refractivity contribution in [1.82, 2.24) is 4.98 Å². The number of thiophene rings is 1. The third kappa shape index (κ3) is 1.39. The van der Waals surface area contributed by atoms with Crippen molar-refractivity contribution in [2.45, 2.75) is 13.3 Å². The van der Waals surface area contributed by atoms with Crippen molar-refractivity contribution in [2.75, 3.05) is 0 Å². The summed E-state index contributed by atoms with van der Waals surface area (Å²) in [5, 5.41) is 1.24. The SMILES string of the molecule is CCc1cc2cc(Br)cnc2s1. The van der Waals surface area contributed by atoms with Gasteiger partial charge in [-0.15, -0.1) is 11.3 Å². The second-order valence-corrected chi connectivity index (χ2v) is 4.65. The minimum Gasteiger partial charge on any atom is -0.244 e. The monoisotopic (exact) mass is 241 g/mol. The highest BCUT2D eigenvalue weighted by molar-refractivity contribution is 9.10. The normalized spacial score (nSPS) is 10.8. The van der Waals surface area contributed by atoms with E-state index in [2.05, 4.69) is 40.0 Å². The van der Waals surface area contributed by atoms with E-state index in [0.29, 0.717) is 0 Å². The highest BCUT2D eigenvalue weighted by Crippen LogP contribution is 2.26. The molecule has 0 aromatic carbocycles. The van der Waals surface area contributed by atoms with Gasteiger partial charge in [-0.05, 0) is 34.5 Å². The van der Waals surface area contributed by atoms with E-state index in [4.69, 9.17) is 0 Å². The van der Waals surface area contributed by atoms with Crippen LogP contribution < -0.4 is 0 Å². The summed E-state index contributed by atoms with van der Waals surface area (Å²) in [4.78, 5) is 6.85. The van der Waals surface area contributed by atoms with E-state index in [1.807, 2.05) is 6.20 Å². The molecule has 2 heterocycles. The van der Waals surface area contributed by atoms with E-state index in [-0.39, 0.29) is 0 Å². The van der Waals surface area contributed by atoms with Gasteiger partial charge < -0.3 is 0 Å². The number of aromatic nitrogens is 1. The van der Waals surface area contributed by atoms with Crippen molar-refractivity contribution in [2.24, 2.45) is 0 Å². The van der Waals surface area contributed by atoms with Gasteiger partial charge in [0.05, 0.1) is 0 Å². The smallest absolute Gasteiger partial charge is 0.123 e. The lowest BCUT2D eigenvalue weighted by Crippen LogP contribution is -1.69. The molecule has 0 saturated heterocycles. The Morgan fingerprint density at radius 1 is 1.50 bits per heavy atom. The quantitative estimate of drug-likeness (QED) is 0.744. The van der Waals surface area contributed by atoms with Crippen LogP contribution in [0.25, 0.3) is 10.2 Å². The summed E-state index contributed by atoms with van der Waals surface area (Å²) in [6.07, 6.45) is 2.94. The van der Waals surface area contributed by atoms with Crippen molar-refractivity contribution in [3.8, 4) is 0 Å². The van der Waals surface area contributed by atoms with Gasteiger partial charge >= 0.3 is 0 Å². The molecule has 62 valence electrons. The average molecular weight is 242 g/mol. The van der Waals surface area contributed by atoms with Crippen LogP contribution in [-0.4, -0.2) is 4.98 Å². The highest BCUT2D eigenvalue weighted by atomic mass is 79.9. The number of hydrogen-bond acceptors (Lipinski definition) is 2. The topological polar surface area (TPSA) is 12.9 Å². The summed E-state index contributed by atoms with van der Waals surface area (Å²) >= 11 is 5.18. The highest BCUT2D eigenvalue weighted by Gasteiger charge is 2.00. The number of fused-ring (bicyclic) bond motifs is 1. The summed E-state index contributed by atoms with van der Waals surface area (Å²) in [6.45, 7) is 2.17. The summed E-state index contributed by atoms with van der Waals surface area (Å²) in [5.41, 5.74) is 0. The fraction of sp³-hybridized carbons (Fsp3) is 0.222. The first-order valence-electron chi connectivity index (χ1n) is 3.83. The molecule has 0 fully saturated rings. The van der Waals surface area contributed by atoms with Crippen molar-refractivity contribution in [3.05, 3.63) is 27.7 Å². The molecule has 3 heteroatoms. The first kappa shape index (κ1) is 8.20. The van der Waals surface area contributed by atoms with Gasteiger partial charge in [-0.3, -0.25) is 0 Å². The molecule has 0 spiro atoms. The van der Waals surface area contributed by atoms with Gasteiger partial charge in [0.2, 0.25) is 0 Å². The fourth-order valence-electron chi connectivity index (χ4n) is 1.13. The summed E-state index contributed by atoms with van der Waals surface area (Å²) in [7, 11) is 0. The van der Waals surface area contributed by atoms with Crippen LogP contribution in [0.4, 0.5) is 0 Å². The van der Waals surface area contributed by atoms with E-state index < -0.39 is 0 Å². The molecule has 1 nitrogen and oxygen atoms in total. The second-order valence-electron chi connectivity index (χ2n) is 2.61. The molecule has 0 amide bonds. The van der Waals surface area contributed by atoms with Crippen molar-refractivity contribution >= 4 is 37.5 Å². The van der Waals surface area contributed by atoms with E-state index in [1.165, 1.54) is 10.3 Å². The molecule has 2 aromatic heterocycles. The molecule has 2 rings (SSSR count). The third-order valence-corrected chi connectivity index (χ3v) is 3.38. The van der Waals surface area contributed by atoms with E-state index in [9.17, 15) is 0 Å². The van der Waals surface area contributed by atoms with Crippen LogP contribution in [0.15, 0.2) is 22.8 Å². The van der Waals surface area contributed by atoms with Gasteiger partial charge in [-0.1, -0.05) is 6.92 Å². The number of rotatable bonds is 1. The van der Waals surface area contributed by atoms with Crippen LogP contribution >= 0.6 is 27.3 Å². The number of pyridine rings is 1. The lowest BCUT2D eigenvalue weighted by atomic mass is 10.3. The van der Waals surface area contributed by atoms with Crippen molar-refractivity contribution in [1.29, 1.82) is 0 Å². The molecular formula is C9H8BrNS. The van der Waals surface area contributed by atoms with Gasteiger partial charge in [0.15, 0.2) is 0 Å². The van der Waals surface area contributed by atoms with Crippen LogP contribution in [-0.2, 0) is 6.42 Å². The van der Waals surface area contributed by atoms with Crippen LogP contribution in [0.3, 0.4) is 0 Å². The van der Waals surface area contributed by atoms with Crippen molar-refractivity contribution < 1.29 is 0 Å². The Balaban J connectivity index is 2.67. The molecule has 0 radical (unpaired) electrons. The minimum absolute atomic E-state index is 1.05. The predicted molar refractivity (Wildman–Crippen MR) is 56.7 cm³/mol. The Hall–Kier alpha value is -0.410. The second kappa shape index (κ2) is 3.15. The molecule has 0 saturated carbocycles. The van der Waals surface area contributed by atoms with Crippen LogP contribution in [0.2, 0.25) is 0 Å². The molecule has 0 aliphatic rings. The average Bonchev–Trinajstić information content (AvgIpc) is 2.46. The summed E-state index contributed by atoms with van der Waals surface area (Å²) in [6, 6.07) is 4.32. The number of aryl methyl sites for hydroxylation is 1. The van der Waals surface area contributed by atoms with Crippen LogP contribution in [0.5, 0.6) is 0 Å². The van der Waals surface area contributed by atoms with E-state index in [1.54, 1.807) is 11.3 Å². The van der Waals surface area contributed by atoms with Gasteiger partial charge in [-0.25, -0.2) is 4.98 Å². The zero-order valence-electron chi connectivity index (χ0n) is 6.67. The molecule has 0 aliphatic carbocycles. The zero-order chi connectivity index (χ0) is 8.55. The maximum Gasteiger partial charge on any atom is 0.123 e. The standard InChI is InChI=1S/C9H8BrNS/c1-2-8-4-6-3-7(10)5-11-9(6)12-8/h3-5H,2H2,1H3. The predicted octanol–water partition coefficient (Wildman–Crippen LogP) is 3.62. The number of hydrogen-bond donors (Lipinski definition) is 0. The Morgan fingerprint density at radius 2 is 2.33 bits per heavy atom. The maximum atomic E-state index is 4.32. The summed E-state index contributed by atoms with van der Waals surface area (Å²) < 4.78 is 1.05.